The van der Waals surface area contributed by atoms with E-state index in [4.69, 9.17) is 0 Å². The molecule has 0 radical (unpaired) electrons. The van der Waals surface area contributed by atoms with Gasteiger partial charge in [0.2, 0.25) is 0 Å². The lowest BCUT2D eigenvalue weighted by molar-refractivity contribution is 0.0948. The van der Waals surface area contributed by atoms with Crippen molar-refractivity contribution in [2.75, 3.05) is 46.3 Å². The van der Waals surface area contributed by atoms with Crippen LogP contribution in [0.3, 0.4) is 0 Å². The summed E-state index contributed by atoms with van der Waals surface area (Å²) in [6.45, 7) is 12.6. The zero-order valence-corrected chi connectivity index (χ0v) is 17.7. The molecule has 1 amide bonds. The van der Waals surface area contributed by atoms with Crippen LogP contribution in [-0.4, -0.2) is 66.6 Å². The molecule has 1 unspecified atom stereocenters. The number of hydrogen-bond donors (Lipinski definition) is 1. The van der Waals surface area contributed by atoms with Gasteiger partial charge in [-0.25, -0.2) is 0 Å². The zero-order chi connectivity index (χ0) is 20.1. The van der Waals surface area contributed by atoms with Gasteiger partial charge in [0.05, 0.1) is 11.6 Å². The Morgan fingerprint density at radius 3 is 2.46 bits per heavy atom. The molecule has 28 heavy (non-hydrogen) atoms. The lowest BCUT2D eigenvalue weighted by Gasteiger charge is -2.32. The molecule has 5 nitrogen and oxygen atoms in total. The average molecular weight is 383 g/mol. The minimum Gasteiger partial charge on any atom is -0.352 e. The van der Waals surface area contributed by atoms with Crippen LogP contribution in [0.5, 0.6) is 0 Å². The quantitative estimate of drug-likeness (QED) is 0.748. The molecule has 1 N–H and O–H groups in total. The Morgan fingerprint density at radius 2 is 1.79 bits per heavy atom. The van der Waals surface area contributed by atoms with Crippen LogP contribution in [0, 0.1) is 13.8 Å². The summed E-state index contributed by atoms with van der Waals surface area (Å²) in [7, 11) is 2.17. The van der Waals surface area contributed by atoms with E-state index in [1.165, 1.54) is 5.56 Å². The summed E-state index contributed by atoms with van der Waals surface area (Å²) in [6.07, 6.45) is 0.995. The molecular weight excluding hydrogens is 348 g/mol. The minimum atomic E-state index is 0.0398. The Balaban J connectivity index is 1.55. The van der Waals surface area contributed by atoms with Crippen LogP contribution in [0.4, 0.5) is 0 Å². The standard InChI is InChI=1S/C23H34N4O/c1-18-17-22(20(3)27(18)19(2)21-9-6-5-7-10-21)23(28)24-11-8-12-26-15-13-25(4)14-16-26/h5-7,9-10,17,19H,8,11-16H2,1-4H3,(H,24,28). The fourth-order valence-corrected chi connectivity index (χ4v) is 4.15. The number of likely N-dealkylation sites (N-methyl/N-ethyl adjacent to an activating group) is 1. The summed E-state index contributed by atoms with van der Waals surface area (Å²) in [5.74, 6) is 0.0398. The number of rotatable bonds is 7. The Bertz CT molecular complexity index is 775. The molecule has 152 valence electrons. The molecule has 1 saturated heterocycles. The van der Waals surface area contributed by atoms with E-state index >= 15 is 0 Å². The molecule has 1 aliphatic heterocycles. The number of nitrogens with zero attached hydrogens (tertiary/aromatic N) is 3. The van der Waals surface area contributed by atoms with Gasteiger partial charge in [-0.2, -0.15) is 0 Å². The summed E-state index contributed by atoms with van der Waals surface area (Å²) in [5, 5.41) is 3.12. The van der Waals surface area contributed by atoms with E-state index in [2.05, 4.69) is 64.8 Å². The van der Waals surface area contributed by atoms with Gasteiger partial charge in [0.15, 0.2) is 0 Å². The number of piperazine rings is 1. The molecule has 0 saturated carbocycles. The Hall–Kier alpha value is -2.11. The van der Waals surface area contributed by atoms with Crippen molar-refractivity contribution >= 4 is 5.91 Å². The molecule has 3 rings (SSSR count). The van der Waals surface area contributed by atoms with E-state index in [1.54, 1.807) is 0 Å². The molecule has 2 aromatic rings. The Morgan fingerprint density at radius 1 is 1.11 bits per heavy atom. The fourth-order valence-electron chi connectivity index (χ4n) is 4.15. The predicted octanol–water partition coefficient (Wildman–Crippen LogP) is 3.08. The average Bonchev–Trinajstić information content (AvgIpc) is 3.01. The van der Waals surface area contributed by atoms with E-state index in [-0.39, 0.29) is 11.9 Å². The lowest BCUT2D eigenvalue weighted by Crippen LogP contribution is -2.45. The second-order valence-corrected chi connectivity index (χ2v) is 8.00. The first-order valence-corrected chi connectivity index (χ1v) is 10.4. The van der Waals surface area contributed by atoms with Crippen LogP contribution in [0.1, 0.15) is 46.7 Å². The van der Waals surface area contributed by atoms with Crippen LogP contribution in [0.2, 0.25) is 0 Å². The number of carbonyl (C=O) groups is 1. The molecule has 0 bridgehead atoms. The molecule has 1 atom stereocenters. The number of aromatic nitrogens is 1. The molecule has 1 aliphatic rings. The van der Waals surface area contributed by atoms with Gasteiger partial charge in [-0.1, -0.05) is 30.3 Å². The van der Waals surface area contributed by atoms with Gasteiger partial charge in [0.25, 0.3) is 5.91 Å². The highest BCUT2D eigenvalue weighted by Gasteiger charge is 2.19. The van der Waals surface area contributed by atoms with Gasteiger partial charge >= 0.3 is 0 Å². The van der Waals surface area contributed by atoms with E-state index in [0.717, 1.165) is 62.6 Å². The SMILES string of the molecule is Cc1cc(C(=O)NCCCN2CCN(C)CC2)c(C)n1C(C)c1ccccc1. The molecule has 1 aromatic carbocycles. The maximum Gasteiger partial charge on any atom is 0.253 e. The number of nitrogens with one attached hydrogen (secondary N) is 1. The van der Waals surface area contributed by atoms with E-state index < -0.39 is 0 Å². The van der Waals surface area contributed by atoms with Gasteiger partial charge in [-0.15, -0.1) is 0 Å². The number of benzene rings is 1. The molecule has 0 spiro atoms. The van der Waals surface area contributed by atoms with Crippen LogP contribution in [-0.2, 0) is 0 Å². The van der Waals surface area contributed by atoms with Gasteiger partial charge in [-0.3, -0.25) is 4.79 Å². The van der Waals surface area contributed by atoms with Crippen LogP contribution in [0.15, 0.2) is 36.4 Å². The molecule has 1 fully saturated rings. The summed E-state index contributed by atoms with van der Waals surface area (Å²) in [4.78, 5) is 17.6. The predicted molar refractivity (Wildman–Crippen MR) is 115 cm³/mol. The van der Waals surface area contributed by atoms with Crippen molar-refractivity contribution in [1.82, 2.24) is 19.7 Å². The lowest BCUT2D eigenvalue weighted by atomic mass is 10.1. The molecule has 5 heteroatoms. The largest absolute Gasteiger partial charge is 0.352 e. The highest BCUT2D eigenvalue weighted by molar-refractivity contribution is 5.95. The first kappa shape index (κ1) is 20.6. The van der Waals surface area contributed by atoms with Crippen molar-refractivity contribution in [3.8, 4) is 0 Å². The second kappa shape index (κ2) is 9.39. The number of carbonyl (C=O) groups excluding carboxylic acids is 1. The second-order valence-electron chi connectivity index (χ2n) is 8.00. The first-order valence-electron chi connectivity index (χ1n) is 10.4. The molecule has 1 aromatic heterocycles. The van der Waals surface area contributed by atoms with Gasteiger partial charge < -0.3 is 19.7 Å². The van der Waals surface area contributed by atoms with Crippen molar-refractivity contribution in [1.29, 1.82) is 0 Å². The smallest absolute Gasteiger partial charge is 0.253 e. The van der Waals surface area contributed by atoms with Crippen LogP contribution >= 0.6 is 0 Å². The maximum absolute atomic E-state index is 12.7. The number of hydrogen-bond acceptors (Lipinski definition) is 3. The van der Waals surface area contributed by atoms with Crippen molar-refractivity contribution in [2.24, 2.45) is 0 Å². The molecule has 0 aliphatic carbocycles. The van der Waals surface area contributed by atoms with E-state index in [0.29, 0.717) is 0 Å². The summed E-state index contributed by atoms with van der Waals surface area (Å²) in [6, 6.07) is 12.7. The highest BCUT2D eigenvalue weighted by atomic mass is 16.1. The van der Waals surface area contributed by atoms with Crippen LogP contribution in [0.25, 0.3) is 0 Å². The summed E-state index contributed by atoms with van der Waals surface area (Å²) < 4.78 is 2.26. The van der Waals surface area contributed by atoms with Crippen molar-refractivity contribution in [3.05, 3.63) is 58.9 Å². The Labute approximate surface area is 169 Å². The van der Waals surface area contributed by atoms with Crippen LogP contribution < -0.4 is 5.32 Å². The fraction of sp³-hybridized carbons (Fsp3) is 0.522. The molecule has 2 heterocycles. The van der Waals surface area contributed by atoms with Crippen molar-refractivity contribution in [2.45, 2.75) is 33.2 Å². The van der Waals surface area contributed by atoms with Gasteiger partial charge in [-0.05, 0) is 52.4 Å². The zero-order valence-electron chi connectivity index (χ0n) is 17.7. The summed E-state index contributed by atoms with van der Waals surface area (Å²) >= 11 is 0. The monoisotopic (exact) mass is 382 g/mol. The summed E-state index contributed by atoms with van der Waals surface area (Å²) in [5.41, 5.74) is 4.20. The highest BCUT2D eigenvalue weighted by Crippen LogP contribution is 2.25. The van der Waals surface area contributed by atoms with Gasteiger partial charge in [0.1, 0.15) is 0 Å². The normalized spacial score (nSPS) is 16.9. The third kappa shape index (κ3) is 4.83. The first-order chi connectivity index (χ1) is 13.5. The Kier molecular flexibility index (Phi) is 6.92. The third-order valence-corrected chi connectivity index (χ3v) is 5.93. The van der Waals surface area contributed by atoms with Crippen molar-refractivity contribution < 1.29 is 4.79 Å². The number of amides is 1. The maximum atomic E-state index is 12.7. The van der Waals surface area contributed by atoms with E-state index in [9.17, 15) is 4.79 Å². The number of aryl methyl sites for hydroxylation is 1. The van der Waals surface area contributed by atoms with Crippen molar-refractivity contribution in [3.63, 3.8) is 0 Å². The minimum absolute atomic E-state index is 0.0398. The third-order valence-electron chi connectivity index (χ3n) is 5.93. The van der Waals surface area contributed by atoms with Gasteiger partial charge in [0, 0.05) is 44.1 Å². The molecular formula is C23H34N4O. The topological polar surface area (TPSA) is 40.5 Å². The van der Waals surface area contributed by atoms with E-state index in [1.807, 2.05) is 19.1 Å².